The number of carbonyl (C=O) groups is 1. The van der Waals surface area contributed by atoms with Crippen LogP contribution in [-0.2, 0) is 6.54 Å². The average Bonchev–Trinajstić information content (AvgIpc) is 2.66. The number of H-pyrrole nitrogens is 1. The highest BCUT2D eigenvalue weighted by molar-refractivity contribution is 6.36. The van der Waals surface area contributed by atoms with Crippen molar-refractivity contribution >= 4 is 28.5 Å². The molecule has 18 heavy (non-hydrogen) atoms. The summed E-state index contributed by atoms with van der Waals surface area (Å²) in [7, 11) is 0. The zero-order chi connectivity index (χ0) is 13.0. The van der Waals surface area contributed by atoms with Gasteiger partial charge in [0.05, 0.1) is 5.02 Å². The number of nitrogens with one attached hydrogen (secondary N) is 3. The molecule has 0 atom stereocenters. The summed E-state index contributed by atoms with van der Waals surface area (Å²) in [4.78, 5) is 13.7. The van der Waals surface area contributed by atoms with Gasteiger partial charge < -0.3 is 21.4 Å². The van der Waals surface area contributed by atoms with E-state index >= 15 is 0 Å². The standard InChI is InChI=1S/C12H15ClN4O/c13-11-8-3-1-2-4-9(8)17-10(11)7-15-5-6-16-12(14)18/h1-4,15,17H,5-7H2,(H3,14,16,18). The van der Waals surface area contributed by atoms with Crippen LogP contribution in [0.25, 0.3) is 10.9 Å². The smallest absolute Gasteiger partial charge is 0.312 e. The molecule has 2 aromatic rings. The van der Waals surface area contributed by atoms with Crippen molar-refractivity contribution in [2.75, 3.05) is 13.1 Å². The topological polar surface area (TPSA) is 82.9 Å². The van der Waals surface area contributed by atoms with Crippen molar-refractivity contribution in [3.05, 3.63) is 35.0 Å². The molecule has 0 unspecified atom stereocenters. The summed E-state index contributed by atoms with van der Waals surface area (Å²) < 4.78 is 0. The SMILES string of the molecule is NC(=O)NCCNCc1[nH]c2ccccc2c1Cl. The number of aromatic nitrogens is 1. The van der Waals surface area contributed by atoms with Gasteiger partial charge in [-0.2, -0.15) is 0 Å². The summed E-state index contributed by atoms with van der Waals surface area (Å²) in [6, 6.07) is 7.37. The minimum atomic E-state index is -0.513. The molecule has 0 spiro atoms. The Morgan fingerprint density at radius 1 is 1.33 bits per heavy atom. The van der Waals surface area contributed by atoms with Crippen LogP contribution in [-0.4, -0.2) is 24.1 Å². The van der Waals surface area contributed by atoms with Crippen molar-refractivity contribution in [2.24, 2.45) is 5.73 Å². The molecular weight excluding hydrogens is 252 g/mol. The van der Waals surface area contributed by atoms with Gasteiger partial charge in [0.2, 0.25) is 0 Å². The Hall–Kier alpha value is -1.72. The number of urea groups is 1. The van der Waals surface area contributed by atoms with Gasteiger partial charge in [0.15, 0.2) is 0 Å². The highest BCUT2D eigenvalue weighted by atomic mass is 35.5. The van der Waals surface area contributed by atoms with E-state index in [4.69, 9.17) is 17.3 Å². The van der Waals surface area contributed by atoms with Crippen molar-refractivity contribution in [1.82, 2.24) is 15.6 Å². The lowest BCUT2D eigenvalue weighted by atomic mass is 10.2. The van der Waals surface area contributed by atoms with Gasteiger partial charge in [-0.1, -0.05) is 29.8 Å². The second-order valence-electron chi connectivity index (χ2n) is 3.93. The Bertz CT molecular complexity index is 552. The molecule has 2 amide bonds. The van der Waals surface area contributed by atoms with Crippen LogP contribution in [0.3, 0.4) is 0 Å². The Morgan fingerprint density at radius 2 is 2.11 bits per heavy atom. The van der Waals surface area contributed by atoms with E-state index in [0.29, 0.717) is 19.6 Å². The lowest BCUT2D eigenvalue weighted by Gasteiger charge is -2.04. The first-order chi connectivity index (χ1) is 8.68. The van der Waals surface area contributed by atoms with E-state index in [1.807, 2.05) is 24.3 Å². The molecule has 5 nitrogen and oxygen atoms in total. The van der Waals surface area contributed by atoms with Crippen molar-refractivity contribution in [1.29, 1.82) is 0 Å². The van der Waals surface area contributed by atoms with Crippen LogP contribution in [0.4, 0.5) is 4.79 Å². The average molecular weight is 267 g/mol. The molecule has 0 fully saturated rings. The van der Waals surface area contributed by atoms with Gasteiger partial charge in [-0.15, -0.1) is 0 Å². The maximum Gasteiger partial charge on any atom is 0.312 e. The molecule has 96 valence electrons. The van der Waals surface area contributed by atoms with Crippen LogP contribution >= 0.6 is 11.6 Å². The molecular formula is C12H15ClN4O. The minimum Gasteiger partial charge on any atom is -0.356 e. The summed E-state index contributed by atoms with van der Waals surface area (Å²) >= 11 is 6.26. The fourth-order valence-electron chi connectivity index (χ4n) is 1.77. The number of nitrogens with two attached hydrogens (primary N) is 1. The summed E-state index contributed by atoms with van der Waals surface area (Å²) in [6.45, 7) is 1.75. The highest BCUT2D eigenvalue weighted by Gasteiger charge is 2.07. The first kappa shape index (κ1) is 12.7. The normalized spacial score (nSPS) is 10.7. The largest absolute Gasteiger partial charge is 0.356 e. The van der Waals surface area contributed by atoms with Crippen LogP contribution < -0.4 is 16.4 Å². The Morgan fingerprint density at radius 3 is 2.83 bits per heavy atom. The first-order valence-electron chi connectivity index (χ1n) is 5.67. The molecule has 1 aromatic carbocycles. The van der Waals surface area contributed by atoms with Gasteiger partial charge in [-0.3, -0.25) is 0 Å². The van der Waals surface area contributed by atoms with Gasteiger partial charge in [0.1, 0.15) is 0 Å². The van der Waals surface area contributed by atoms with Crippen molar-refractivity contribution < 1.29 is 4.79 Å². The third kappa shape index (κ3) is 2.94. The van der Waals surface area contributed by atoms with E-state index < -0.39 is 6.03 Å². The summed E-state index contributed by atoms with van der Waals surface area (Å²) in [5, 5.41) is 7.44. The van der Waals surface area contributed by atoms with E-state index in [2.05, 4.69) is 15.6 Å². The highest BCUT2D eigenvalue weighted by Crippen LogP contribution is 2.26. The number of fused-ring (bicyclic) bond motifs is 1. The van der Waals surface area contributed by atoms with Crippen LogP contribution in [0, 0.1) is 0 Å². The maximum atomic E-state index is 10.5. The molecule has 0 aliphatic heterocycles. The number of halogens is 1. The molecule has 1 heterocycles. The van der Waals surface area contributed by atoms with Gasteiger partial charge in [-0.05, 0) is 6.07 Å². The van der Waals surface area contributed by atoms with E-state index in [0.717, 1.165) is 21.6 Å². The predicted molar refractivity (Wildman–Crippen MR) is 72.6 cm³/mol. The van der Waals surface area contributed by atoms with Gasteiger partial charge >= 0.3 is 6.03 Å². The number of amides is 2. The number of rotatable bonds is 5. The van der Waals surface area contributed by atoms with E-state index in [9.17, 15) is 4.79 Å². The van der Waals surface area contributed by atoms with Crippen molar-refractivity contribution in [3.63, 3.8) is 0 Å². The number of hydrogen-bond acceptors (Lipinski definition) is 2. The first-order valence-corrected chi connectivity index (χ1v) is 6.05. The molecule has 6 heteroatoms. The predicted octanol–water partition coefficient (Wildman–Crippen LogP) is 1.58. The fourth-order valence-corrected chi connectivity index (χ4v) is 2.05. The molecule has 0 aliphatic rings. The van der Waals surface area contributed by atoms with E-state index in [-0.39, 0.29) is 0 Å². The molecule has 0 saturated heterocycles. The molecule has 0 aliphatic carbocycles. The van der Waals surface area contributed by atoms with Crippen LogP contribution in [0.15, 0.2) is 24.3 Å². The monoisotopic (exact) mass is 266 g/mol. The number of primary amides is 1. The van der Waals surface area contributed by atoms with Crippen LogP contribution in [0.1, 0.15) is 5.69 Å². The number of hydrogen-bond donors (Lipinski definition) is 4. The second-order valence-corrected chi connectivity index (χ2v) is 4.31. The summed E-state index contributed by atoms with van der Waals surface area (Å²) in [5.41, 5.74) is 6.92. The molecule has 1 aromatic heterocycles. The third-order valence-corrected chi connectivity index (χ3v) is 3.05. The van der Waals surface area contributed by atoms with Gasteiger partial charge in [0.25, 0.3) is 0 Å². The molecule has 0 radical (unpaired) electrons. The Balaban J connectivity index is 1.91. The lowest BCUT2D eigenvalue weighted by molar-refractivity contribution is 0.249. The molecule has 0 bridgehead atoms. The molecule has 2 rings (SSSR count). The van der Waals surface area contributed by atoms with Crippen LogP contribution in [0.2, 0.25) is 5.02 Å². The number of carbonyl (C=O) groups excluding carboxylic acids is 1. The number of benzene rings is 1. The summed E-state index contributed by atoms with van der Waals surface area (Å²) in [6.07, 6.45) is 0. The Kier molecular flexibility index (Phi) is 4.07. The molecule has 0 saturated carbocycles. The fraction of sp³-hybridized carbons (Fsp3) is 0.250. The number of aromatic amines is 1. The minimum absolute atomic E-state index is 0.493. The quantitative estimate of drug-likeness (QED) is 0.620. The zero-order valence-corrected chi connectivity index (χ0v) is 10.6. The third-order valence-electron chi connectivity index (χ3n) is 2.62. The van der Waals surface area contributed by atoms with Crippen LogP contribution in [0.5, 0.6) is 0 Å². The maximum absolute atomic E-state index is 10.5. The number of para-hydroxylation sites is 1. The summed E-state index contributed by atoms with van der Waals surface area (Å²) in [5.74, 6) is 0. The van der Waals surface area contributed by atoms with E-state index in [1.165, 1.54) is 0 Å². The van der Waals surface area contributed by atoms with Crippen molar-refractivity contribution in [2.45, 2.75) is 6.54 Å². The van der Waals surface area contributed by atoms with Gasteiger partial charge in [-0.25, -0.2) is 4.79 Å². The lowest BCUT2D eigenvalue weighted by Crippen LogP contribution is -2.35. The molecule has 5 N–H and O–H groups in total. The zero-order valence-electron chi connectivity index (χ0n) is 9.79. The van der Waals surface area contributed by atoms with Crippen molar-refractivity contribution in [3.8, 4) is 0 Å². The van der Waals surface area contributed by atoms with E-state index in [1.54, 1.807) is 0 Å². The Labute approximate surface area is 110 Å². The van der Waals surface area contributed by atoms with Gasteiger partial charge in [0, 0.05) is 36.2 Å². The second kappa shape index (κ2) is 5.75.